The highest BCUT2D eigenvalue weighted by Gasteiger charge is 2.40. The Morgan fingerprint density at radius 1 is 1.21 bits per heavy atom. The molecule has 3 heteroatoms. The molecule has 1 fully saturated rings. The second-order valence-corrected chi connectivity index (χ2v) is 6.92. The van der Waals surface area contributed by atoms with Gasteiger partial charge in [-0.3, -0.25) is 0 Å². The van der Waals surface area contributed by atoms with Gasteiger partial charge in [-0.05, 0) is 41.7 Å². The van der Waals surface area contributed by atoms with Crippen LogP contribution in [0.4, 0.5) is 8.78 Å². The summed E-state index contributed by atoms with van der Waals surface area (Å²) in [6.07, 6.45) is 3.03. The number of rotatable bonds is 2. The molecule has 0 heterocycles. The van der Waals surface area contributed by atoms with Crippen LogP contribution >= 0.6 is 11.6 Å². The highest BCUT2D eigenvalue weighted by atomic mass is 35.5. The Morgan fingerprint density at radius 3 is 2.53 bits per heavy atom. The summed E-state index contributed by atoms with van der Waals surface area (Å²) in [6.45, 7) is 6.14. The SMILES string of the molecule is CC1CCC(C(C)(C)c2cccc(F)c2F)C(Cl)C1. The molecule has 2 rings (SSSR count). The van der Waals surface area contributed by atoms with Crippen LogP contribution < -0.4 is 0 Å². The lowest BCUT2D eigenvalue weighted by molar-refractivity contribution is 0.203. The first-order valence-corrected chi connectivity index (χ1v) is 7.36. The number of benzene rings is 1. The maximum absolute atomic E-state index is 14.0. The maximum Gasteiger partial charge on any atom is 0.162 e. The van der Waals surface area contributed by atoms with Crippen LogP contribution in [0, 0.1) is 23.5 Å². The van der Waals surface area contributed by atoms with Crippen molar-refractivity contribution in [3.05, 3.63) is 35.4 Å². The minimum atomic E-state index is -0.777. The second kappa shape index (κ2) is 5.40. The van der Waals surface area contributed by atoms with Gasteiger partial charge in [0.15, 0.2) is 11.6 Å². The summed E-state index contributed by atoms with van der Waals surface area (Å²) in [7, 11) is 0. The third-order valence-electron chi connectivity index (χ3n) is 4.61. The van der Waals surface area contributed by atoms with Crippen LogP contribution in [-0.4, -0.2) is 5.38 Å². The van der Waals surface area contributed by atoms with E-state index in [0.29, 0.717) is 11.5 Å². The van der Waals surface area contributed by atoms with Crippen molar-refractivity contribution in [2.75, 3.05) is 0 Å². The molecular formula is C16H21ClF2. The molecule has 0 N–H and O–H groups in total. The number of hydrogen-bond acceptors (Lipinski definition) is 0. The van der Waals surface area contributed by atoms with Crippen molar-refractivity contribution in [2.45, 2.75) is 50.8 Å². The Morgan fingerprint density at radius 2 is 1.89 bits per heavy atom. The van der Waals surface area contributed by atoms with Crippen LogP contribution in [0.15, 0.2) is 18.2 Å². The second-order valence-electron chi connectivity index (χ2n) is 6.36. The smallest absolute Gasteiger partial charge is 0.162 e. The van der Waals surface area contributed by atoms with Crippen molar-refractivity contribution in [3.63, 3.8) is 0 Å². The van der Waals surface area contributed by atoms with E-state index in [9.17, 15) is 8.78 Å². The van der Waals surface area contributed by atoms with Crippen molar-refractivity contribution >= 4 is 11.6 Å². The fourth-order valence-corrected chi connectivity index (χ4v) is 4.07. The normalized spacial score (nSPS) is 28.4. The van der Waals surface area contributed by atoms with E-state index >= 15 is 0 Å². The molecule has 0 spiro atoms. The van der Waals surface area contributed by atoms with Gasteiger partial charge in [0, 0.05) is 5.38 Å². The van der Waals surface area contributed by atoms with E-state index in [4.69, 9.17) is 11.6 Å². The molecule has 1 aromatic carbocycles. The van der Waals surface area contributed by atoms with Crippen LogP contribution in [0.25, 0.3) is 0 Å². The third kappa shape index (κ3) is 2.79. The van der Waals surface area contributed by atoms with Crippen LogP contribution in [0.1, 0.15) is 45.6 Å². The lowest BCUT2D eigenvalue weighted by atomic mass is 9.65. The predicted octanol–water partition coefficient (Wildman–Crippen LogP) is 5.29. The quantitative estimate of drug-likeness (QED) is 0.648. The minimum Gasteiger partial charge on any atom is -0.204 e. The molecule has 0 amide bonds. The van der Waals surface area contributed by atoms with Crippen LogP contribution in [0.2, 0.25) is 0 Å². The average molecular weight is 287 g/mol. The van der Waals surface area contributed by atoms with Crippen molar-refractivity contribution in [1.82, 2.24) is 0 Å². The van der Waals surface area contributed by atoms with Gasteiger partial charge in [-0.25, -0.2) is 8.78 Å². The molecular weight excluding hydrogens is 266 g/mol. The van der Waals surface area contributed by atoms with Gasteiger partial charge in [0.25, 0.3) is 0 Å². The number of halogens is 3. The van der Waals surface area contributed by atoms with Crippen LogP contribution in [0.5, 0.6) is 0 Å². The van der Waals surface area contributed by atoms with E-state index in [0.717, 1.165) is 25.3 Å². The highest BCUT2D eigenvalue weighted by molar-refractivity contribution is 6.20. The predicted molar refractivity (Wildman–Crippen MR) is 75.5 cm³/mol. The van der Waals surface area contributed by atoms with E-state index in [1.807, 2.05) is 13.8 Å². The van der Waals surface area contributed by atoms with Crippen molar-refractivity contribution in [3.8, 4) is 0 Å². The molecule has 106 valence electrons. The largest absolute Gasteiger partial charge is 0.204 e. The summed E-state index contributed by atoms with van der Waals surface area (Å²) in [5.41, 5.74) is -0.00338. The summed E-state index contributed by atoms with van der Waals surface area (Å²) in [6, 6.07) is 4.42. The van der Waals surface area contributed by atoms with Gasteiger partial charge in [-0.1, -0.05) is 39.3 Å². The molecule has 0 aromatic heterocycles. The topological polar surface area (TPSA) is 0 Å². The Balaban J connectivity index is 2.33. The molecule has 3 unspecified atom stereocenters. The first-order valence-electron chi connectivity index (χ1n) is 6.92. The van der Waals surface area contributed by atoms with E-state index in [1.54, 1.807) is 12.1 Å². The zero-order chi connectivity index (χ0) is 14.2. The lowest BCUT2D eigenvalue weighted by Crippen LogP contribution is -2.39. The summed E-state index contributed by atoms with van der Waals surface area (Å²) in [4.78, 5) is 0. The van der Waals surface area contributed by atoms with Gasteiger partial charge in [0.1, 0.15) is 0 Å². The molecule has 0 radical (unpaired) electrons. The molecule has 0 nitrogen and oxygen atoms in total. The molecule has 0 aliphatic heterocycles. The zero-order valence-corrected chi connectivity index (χ0v) is 12.5. The Labute approximate surface area is 119 Å². The zero-order valence-electron chi connectivity index (χ0n) is 11.7. The van der Waals surface area contributed by atoms with Crippen LogP contribution in [-0.2, 0) is 5.41 Å². The first kappa shape index (κ1) is 14.8. The Bertz CT molecular complexity index is 456. The fraction of sp³-hybridized carbons (Fsp3) is 0.625. The molecule has 1 aromatic rings. The third-order valence-corrected chi connectivity index (χ3v) is 5.09. The monoisotopic (exact) mass is 286 g/mol. The van der Waals surface area contributed by atoms with E-state index in [1.165, 1.54) is 0 Å². The van der Waals surface area contributed by atoms with Gasteiger partial charge < -0.3 is 0 Å². The highest BCUT2D eigenvalue weighted by Crippen LogP contribution is 2.45. The van der Waals surface area contributed by atoms with Crippen molar-refractivity contribution < 1.29 is 8.78 Å². The molecule has 19 heavy (non-hydrogen) atoms. The summed E-state index contributed by atoms with van der Waals surface area (Å²) in [5, 5.41) is 0.0291. The average Bonchev–Trinajstić information content (AvgIpc) is 2.31. The summed E-state index contributed by atoms with van der Waals surface area (Å²) < 4.78 is 27.5. The molecule has 0 bridgehead atoms. The molecule has 1 saturated carbocycles. The minimum absolute atomic E-state index is 0.0291. The lowest BCUT2D eigenvalue weighted by Gasteiger charge is -2.42. The van der Waals surface area contributed by atoms with Crippen molar-refractivity contribution in [2.24, 2.45) is 11.8 Å². The van der Waals surface area contributed by atoms with E-state index < -0.39 is 17.0 Å². The first-order chi connectivity index (χ1) is 8.84. The van der Waals surface area contributed by atoms with Gasteiger partial charge in [0.2, 0.25) is 0 Å². The summed E-state index contributed by atoms with van der Waals surface area (Å²) >= 11 is 6.49. The number of hydrogen-bond donors (Lipinski definition) is 0. The molecule has 3 atom stereocenters. The fourth-order valence-electron chi connectivity index (χ4n) is 3.33. The standard InChI is InChI=1S/C16H21ClF2/c1-10-7-8-11(13(17)9-10)16(2,3)12-5-4-6-14(18)15(12)19/h4-6,10-11,13H,7-9H2,1-3H3. The summed E-state index contributed by atoms with van der Waals surface area (Å²) in [5.74, 6) is -0.704. The van der Waals surface area contributed by atoms with Gasteiger partial charge in [0.05, 0.1) is 0 Å². The maximum atomic E-state index is 14.0. The van der Waals surface area contributed by atoms with Crippen LogP contribution in [0.3, 0.4) is 0 Å². The van der Waals surface area contributed by atoms with E-state index in [2.05, 4.69) is 6.92 Å². The Hall–Kier alpha value is -0.630. The molecule has 1 aliphatic rings. The molecule has 0 saturated heterocycles. The Kier molecular flexibility index (Phi) is 4.20. The van der Waals surface area contributed by atoms with Gasteiger partial charge in [-0.2, -0.15) is 0 Å². The molecule has 1 aliphatic carbocycles. The van der Waals surface area contributed by atoms with Gasteiger partial charge in [-0.15, -0.1) is 11.6 Å². The van der Waals surface area contributed by atoms with Gasteiger partial charge >= 0.3 is 0 Å². The van der Waals surface area contributed by atoms with E-state index in [-0.39, 0.29) is 11.3 Å². The van der Waals surface area contributed by atoms with Crippen molar-refractivity contribution in [1.29, 1.82) is 0 Å². The number of alkyl halides is 1.